The quantitative estimate of drug-likeness (QED) is 0.784. The van der Waals surface area contributed by atoms with E-state index in [-0.39, 0.29) is 23.9 Å². The third-order valence-electron chi connectivity index (χ3n) is 4.29. The van der Waals surface area contributed by atoms with Crippen LogP contribution in [0.5, 0.6) is 0 Å². The van der Waals surface area contributed by atoms with Gasteiger partial charge < -0.3 is 10.6 Å². The minimum Gasteiger partial charge on any atom is -0.351 e. The van der Waals surface area contributed by atoms with Gasteiger partial charge in [0.15, 0.2) is 0 Å². The third-order valence-corrected chi connectivity index (χ3v) is 4.29. The predicted molar refractivity (Wildman–Crippen MR) is 90.5 cm³/mol. The number of rotatable bonds is 5. The number of hydrogen-bond acceptors (Lipinski definition) is 3. The van der Waals surface area contributed by atoms with Crippen LogP contribution in [-0.2, 0) is 17.6 Å². The Hall–Kier alpha value is -2.63. The molecule has 2 atom stereocenters. The zero-order valence-corrected chi connectivity index (χ0v) is 13.9. The molecule has 6 heteroatoms. The van der Waals surface area contributed by atoms with E-state index in [1.807, 2.05) is 24.3 Å². The monoisotopic (exact) mass is 326 g/mol. The maximum Gasteiger partial charge on any atom is 0.272 e. The first-order valence-electron chi connectivity index (χ1n) is 8.28. The summed E-state index contributed by atoms with van der Waals surface area (Å²) in [6.07, 6.45) is 2.56. The minimum absolute atomic E-state index is 0.0999. The molecule has 126 valence electrons. The number of aryl methyl sites for hydroxylation is 1. The van der Waals surface area contributed by atoms with E-state index >= 15 is 0 Å². The highest BCUT2D eigenvalue weighted by Gasteiger charge is 2.34. The van der Waals surface area contributed by atoms with Gasteiger partial charge in [-0.25, -0.2) is 0 Å². The lowest BCUT2D eigenvalue weighted by Gasteiger charge is -2.22. The molecule has 0 saturated heterocycles. The number of amides is 2. The lowest BCUT2D eigenvalue weighted by Crippen LogP contribution is -2.43. The van der Waals surface area contributed by atoms with Crippen LogP contribution in [0.2, 0.25) is 0 Å². The van der Waals surface area contributed by atoms with Crippen molar-refractivity contribution in [3.63, 3.8) is 0 Å². The highest BCUT2D eigenvalue weighted by atomic mass is 16.2. The molecule has 0 saturated carbocycles. The third kappa shape index (κ3) is 3.32. The fourth-order valence-corrected chi connectivity index (χ4v) is 3.26. The van der Waals surface area contributed by atoms with Crippen molar-refractivity contribution in [3.05, 3.63) is 52.8 Å². The topological polar surface area (TPSA) is 86.9 Å². The molecule has 0 unspecified atom stereocenters. The Morgan fingerprint density at radius 1 is 1.29 bits per heavy atom. The molecule has 1 aromatic carbocycles. The number of aromatic nitrogens is 2. The second kappa shape index (κ2) is 6.86. The van der Waals surface area contributed by atoms with Gasteiger partial charge >= 0.3 is 0 Å². The molecular formula is C18H22N4O2. The zero-order valence-electron chi connectivity index (χ0n) is 13.9. The Morgan fingerprint density at radius 3 is 2.83 bits per heavy atom. The molecule has 3 rings (SSSR count). The molecule has 6 nitrogen and oxygen atoms in total. The SMILES string of the molecule is CCCc1cc(C(=O)N[C@@H]2c3ccccc3C[C@H]2NC(C)=O)n[nH]1. The van der Waals surface area contributed by atoms with Crippen molar-refractivity contribution in [3.8, 4) is 0 Å². The van der Waals surface area contributed by atoms with E-state index in [9.17, 15) is 9.59 Å². The minimum atomic E-state index is -0.246. The van der Waals surface area contributed by atoms with E-state index in [2.05, 4.69) is 27.8 Å². The number of hydrogen-bond donors (Lipinski definition) is 3. The lowest BCUT2D eigenvalue weighted by atomic mass is 10.1. The Morgan fingerprint density at radius 2 is 2.08 bits per heavy atom. The van der Waals surface area contributed by atoms with Crippen LogP contribution in [0.25, 0.3) is 0 Å². The van der Waals surface area contributed by atoms with E-state index in [0.29, 0.717) is 12.1 Å². The van der Waals surface area contributed by atoms with Gasteiger partial charge in [-0.2, -0.15) is 5.10 Å². The fraction of sp³-hybridized carbons (Fsp3) is 0.389. The summed E-state index contributed by atoms with van der Waals surface area (Å²) in [5.74, 6) is -0.331. The van der Waals surface area contributed by atoms with Gasteiger partial charge in [-0.3, -0.25) is 14.7 Å². The van der Waals surface area contributed by atoms with E-state index in [4.69, 9.17) is 0 Å². The van der Waals surface area contributed by atoms with Gasteiger partial charge in [0.05, 0.1) is 12.1 Å². The van der Waals surface area contributed by atoms with Crippen molar-refractivity contribution in [2.75, 3.05) is 0 Å². The second-order valence-corrected chi connectivity index (χ2v) is 6.19. The fourth-order valence-electron chi connectivity index (χ4n) is 3.26. The van der Waals surface area contributed by atoms with Crippen molar-refractivity contribution in [1.29, 1.82) is 0 Å². The highest BCUT2D eigenvalue weighted by molar-refractivity contribution is 5.92. The Kier molecular flexibility index (Phi) is 4.64. The lowest BCUT2D eigenvalue weighted by molar-refractivity contribution is -0.119. The molecule has 0 radical (unpaired) electrons. The van der Waals surface area contributed by atoms with Crippen molar-refractivity contribution >= 4 is 11.8 Å². The van der Waals surface area contributed by atoms with Gasteiger partial charge in [0, 0.05) is 12.6 Å². The van der Waals surface area contributed by atoms with E-state index in [0.717, 1.165) is 29.7 Å². The molecule has 0 fully saturated rings. The predicted octanol–water partition coefficient (Wildman–Crippen LogP) is 1.89. The Bertz CT molecular complexity index is 753. The van der Waals surface area contributed by atoms with Gasteiger partial charge in [0.25, 0.3) is 5.91 Å². The summed E-state index contributed by atoms with van der Waals surface area (Å²) >= 11 is 0. The molecule has 3 N–H and O–H groups in total. The molecule has 2 amide bonds. The highest BCUT2D eigenvalue weighted by Crippen LogP contribution is 2.31. The van der Waals surface area contributed by atoms with Crippen LogP contribution in [-0.4, -0.2) is 28.1 Å². The number of benzene rings is 1. The number of fused-ring (bicyclic) bond motifs is 1. The normalized spacial score (nSPS) is 18.9. The smallest absolute Gasteiger partial charge is 0.272 e. The van der Waals surface area contributed by atoms with E-state index < -0.39 is 0 Å². The summed E-state index contributed by atoms with van der Waals surface area (Å²) in [4.78, 5) is 24.0. The Balaban J connectivity index is 1.79. The number of H-pyrrole nitrogens is 1. The average molecular weight is 326 g/mol. The average Bonchev–Trinajstić information content (AvgIpc) is 3.13. The molecule has 0 aliphatic heterocycles. The number of nitrogens with one attached hydrogen (secondary N) is 3. The van der Waals surface area contributed by atoms with Crippen LogP contribution in [0.1, 0.15) is 53.6 Å². The van der Waals surface area contributed by atoms with Crippen molar-refractivity contribution in [1.82, 2.24) is 20.8 Å². The number of carbonyl (C=O) groups excluding carboxylic acids is 2. The molecule has 2 aromatic rings. The van der Waals surface area contributed by atoms with Crippen LogP contribution in [0.15, 0.2) is 30.3 Å². The van der Waals surface area contributed by atoms with Crippen molar-refractivity contribution in [2.24, 2.45) is 0 Å². The molecule has 1 heterocycles. The van der Waals surface area contributed by atoms with Crippen LogP contribution >= 0.6 is 0 Å². The summed E-state index contributed by atoms with van der Waals surface area (Å²) in [5.41, 5.74) is 3.53. The molecular weight excluding hydrogens is 304 g/mol. The van der Waals surface area contributed by atoms with Crippen LogP contribution in [0.3, 0.4) is 0 Å². The molecule has 1 aliphatic rings. The first kappa shape index (κ1) is 16.2. The van der Waals surface area contributed by atoms with Crippen molar-refractivity contribution < 1.29 is 9.59 Å². The van der Waals surface area contributed by atoms with Crippen LogP contribution in [0, 0.1) is 0 Å². The summed E-state index contributed by atoms with van der Waals surface area (Å²) < 4.78 is 0. The van der Waals surface area contributed by atoms with E-state index in [1.165, 1.54) is 6.92 Å². The van der Waals surface area contributed by atoms with Crippen LogP contribution in [0.4, 0.5) is 0 Å². The Labute approximate surface area is 141 Å². The standard InChI is InChI=1S/C18H22N4O2/c1-3-6-13-10-16(22-21-13)18(24)20-17-14-8-5-4-7-12(14)9-15(17)19-11(2)23/h4-5,7-8,10,15,17H,3,6,9H2,1-2H3,(H,19,23)(H,20,24)(H,21,22)/t15-,17-/m1/s1. The molecule has 1 aliphatic carbocycles. The first-order valence-corrected chi connectivity index (χ1v) is 8.28. The number of aromatic amines is 1. The van der Waals surface area contributed by atoms with Gasteiger partial charge in [-0.05, 0) is 30.0 Å². The van der Waals surface area contributed by atoms with Crippen LogP contribution < -0.4 is 10.6 Å². The largest absolute Gasteiger partial charge is 0.351 e. The van der Waals surface area contributed by atoms with E-state index in [1.54, 1.807) is 6.07 Å². The first-order chi connectivity index (χ1) is 11.6. The van der Waals surface area contributed by atoms with Gasteiger partial charge in [0.2, 0.25) is 5.91 Å². The number of carbonyl (C=O) groups is 2. The second-order valence-electron chi connectivity index (χ2n) is 6.19. The summed E-state index contributed by atoms with van der Waals surface area (Å²) in [5, 5.41) is 13.0. The summed E-state index contributed by atoms with van der Waals surface area (Å²) in [7, 11) is 0. The van der Waals surface area contributed by atoms with Crippen molar-refractivity contribution in [2.45, 2.75) is 45.2 Å². The maximum atomic E-state index is 12.6. The molecule has 24 heavy (non-hydrogen) atoms. The van der Waals surface area contributed by atoms with Gasteiger partial charge in [0.1, 0.15) is 5.69 Å². The summed E-state index contributed by atoms with van der Waals surface area (Å²) in [6, 6.07) is 9.34. The molecule has 0 spiro atoms. The molecule has 0 bridgehead atoms. The van der Waals surface area contributed by atoms with Gasteiger partial charge in [-0.1, -0.05) is 37.6 Å². The summed E-state index contributed by atoms with van der Waals surface area (Å²) in [6.45, 7) is 3.57. The maximum absolute atomic E-state index is 12.6. The van der Waals surface area contributed by atoms with Gasteiger partial charge in [-0.15, -0.1) is 0 Å². The number of nitrogens with zero attached hydrogens (tertiary/aromatic N) is 1. The molecule has 1 aromatic heterocycles. The zero-order chi connectivity index (χ0) is 17.1.